The minimum absolute atomic E-state index is 0.481. The number of alkyl halides is 2. The van der Waals surface area contributed by atoms with E-state index >= 15 is 0 Å². The number of halogens is 2. The zero-order chi connectivity index (χ0) is 9.49. The van der Waals surface area contributed by atoms with Gasteiger partial charge in [0.05, 0.1) is 0 Å². The van der Waals surface area contributed by atoms with Gasteiger partial charge in [-0.15, -0.1) is 0 Å². The molecule has 0 atom stereocenters. The highest BCUT2D eigenvalue weighted by Crippen LogP contribution is 2.23. The lowest BCUT2D eigenvalue weighted by molar-refractivity contribution is -0.0976. The monoisotopic (exact) mass is 168 g/mol. The maximum atomic E-state index is 12.4. The number of hydrogen-bond acceptors (Lipinski definition) is 1. The fraction of sp³-hybridized carbons (Fsp3) is 1.00. The lowest BCUT2D eigenvalue weighted by atomic mass is 10.1. The normalized spacial score (nSPS) is 10.9. The van der Waals surface area contributed by atoms with Gasteiger partial charge in [0.25, 0.3) is 5.92 Å². The topological polar surface area (TPSA) is 9.23 Å². The van der Waals surface area contributed by atoms with Gasteiger partial charge >= 0.3 is 0 Å². The average Bonchev–Trinajstić information content (AvgIpc) is 1.92. The van der Waals surface area contributed by atoms with Crippen LogP contribution in [-0.4, -0.2) is 19.6 Å². The van der Waals surface area contributed by atoms with E-state index in [0.717, 1.165) is 0 Å². The molecule has 1 nitrogen and oxygen atoms in total. The SMILES string of the molecule is CC.COCC(F)(F)C(C)C. The van der Waals surface area contributed by atoms with Crippen LogP contribution in [-0.2, 0) is 4.74 Å². The molecule has 0 radical (unpaired) electrons. The summed E-state index contributed by atoms with van der Waals surface area (Å²) in [5, 5.41) is 0. The Hall–Kier alpha value is -0.180. The van der Waals surface area contributed by atoms with Crippen LogP contribution in [0.5, 0.6) is 0 Å². The van der Waals surface area contributed by atoms with Crippen molar-refractivity contribution < 1.29 is 13.5 Å². The van der Waals surface area contributed by atoms with E-state index in [1.807, 2.05) is 13.8 Å². The third kappa shape index (κ3) is 6.23. The van der Waals surface area contributed by atoms with Crippen LogP contribution in [0.15, 0.2) is 0 Å². The van der Waals surface area contributed by atoms with Crippen LogP contribution in [0.1, 0.15) is 27.7 Å². The van der Waals surface area contributed by atoms with E-state index in [1.54, 1.807) is 0 Å². The van der Waals surface area contributed by atoms with Crippen molar-refractivity contribution >= 4 is 0 Å². The molecule has 0 aliphatic rings. The molecule has 0 aliphatic heterocycles. The third-order valence-electron chi connectivity index (χ3n) is 1.18. The van der Waals surface area contributed by atoms with Crippen molar-refractivity contribution in [1.29, 1.82) is 0 Å². The number of rotatable bonds is 3. The zero-order valence-electron chi connectivity index (χ0n) is 7.95. The van der Waals surface area contributed by atoms with Crippen molar-refractivity contribution in [3.05, 3.63) is 0 Å². The molecular weight excluding hydrogens is 150 g/mol. The summed E-state index contributed by atoms with van der Waals surface area (Å²) in [5.41, 5.74) is 0. The molecule has 0 aromatic heterocycles. The zero-order valence-corrected chi connectivity index (χ0v) is 7.95. The quantitative estimate of drug-likeness (QED) is 0.629. The highest BCUT2D eigenvalue weighted by molar-refractivity contribution is 4.68. The Labute approximate surface area is 67.7 Å². The van der Waals surface area contributed by atoms with Crippen molar-refractivity contribution in [3.8, 4) is 0 Å². The Morgan fingerprint density at radius 3 is 1.73 bits per heavy atom. The van der Waals surface area contributed by atoms with E-state index in [1.165, 1.54) is 21.0 Å². The van der Waals surface area contributed by atoms with E-state index < -0.39 is 18.4 Å². The van der Waals surface area contributed by atoms with Crippen LogP contribution >= 0.6 is 0 Å². The van der Waals surface area contributed by atoms with Crippen LogP contribution in [0.4, 0.5) is 8.78 Å². The van der Waals surface area contributed by atoms with Crippen molar-refractivity contribution in [2.75, 3.05) is 13.7 Å². The highest BCUT2D eigenvalue weighted by Gasteiger charge is 2.32. The molecule has 0 rings (SSSR count). The van der Waals surface area contributed by atoms with Gasteiger partial charge in [-0.1, -0.05) is 27.7 Å². The molecule has 11 heavy (non-hydrogen) atoms. The molecule has 0 bridgehead atoms. The van der Waals surface area contributed by atoms with Gasteiger partial charge in [0, 0.05) is 13.0 Å². The second kappa shape index (κ2) is 6.53. The second-order valence-electron chi connectivity index (χ2n) is 2.35. The van der Waals surface area contributed by atoms with Gasteiger partial charge in [-0.3, -0.25) is 0 Å². The largest absolute Gasteiger partial charge is 0.378 e. The summed E-state index contributed by atoms with van der Waals surface area (Å²) in [5.74, 6) is -3.31. The lowest BCUT2D eigenvalue weighted by Gasteiger charge is -2.18. The molecule has 0 unspecified atom stereocenters. The lowest BCUT2D eigenvalue weighted by Crippen LogP contribution is -2.29. The van der Waals surface area contributed by atoms with Crippen molar-refractivity contribution in [2.45, 2.75) is 33.6 Å². The molecule has 0 amide bonds. The molecule has 0 saturated heterocycles. The van der Waals surface area contributed by atoms with Crippen molar-refractivity contribution in [1.82, 2.24) is 0 Å². The molecule has 0 saturated carbocycles. The first-order valence-electron chi connectivity index (χ1n) is 3.87. The number of methoxy groups -OCH3 is 1. The molecule has 0 spiro atoms. The van der Waals surface area contributed by atoms with E-state index in [0.29, 0.717) is 0 Å². The first-order chi connectivity index (χ1) is 5.00. The smallest absolute Gasteiger partial charge is 0.273 e. The van der Waals surface area contributed by atoms with Crippen LogP contribution in [0.25, 0.3) is 0 Å². The van der Waals surface area contributed by atoms with Gasteiger partial charge in [0.1, 0.15) is 6.61 Å². The van der Waals surface area contributed by atoms with Gasteiger partial charge < -0.3 is 4.74 Å². The van der Waals surface area contributed by atoms with E-state index in [4.69, 9.17) is 0 Å². The van der Waals surface area contributed by atoms with Crippen LogP contribution in [0.3, 0.4) is 0 Å². The van der Waals surface area contributed by atoms with Gasteiger partial charge in [-0.2, -0.15) is 0 Å². The first kappa shape index (κ1) is 13.4. The van der Waals surface area contributed by atoms with Crippen LogP contribution in [0.2, 0.25) is 0 Å². The summed E-state index contributed by atoms with van der Waals surface area (Å²) < 4.78 is 29.2. The molecule has 3 heteroatoms. The predicted octanol–water partition coefficient (Wildman–Crippen LogP) is 2.95. The van der Waals surface area contributed by atoms with E-state index in [9.17, 15) is 8.78 Å². The van der Waals surface area contributed by atoms with Crippen LogP contribution in [0, 0.1) is 5.92 Å². The number of hydrogen-bond donors (Lipinski definition) is 0. The molecule has 0 aromatic rings. The summed E-state index contributed by atoms with van der Waals surface area (Å²) >= 11 is 0. The Bertz CT molecular complexity index is 82.2. The van der Waals surface area contributed by atoms with Crippen molar-refractivity contribution in [2.24, 2.45) is 5.92 Å². The van der Waals surface area contributed by atoms with Crippen molar-refractivity contribution in [3.63, 3.8) is 0 Å². The van der Waals surface area contributed by atoms with Gasteiger partial charge in [0.15, 0.2) is 0 Å². The highest BCUT2D eigenvalue weighted by atomic mass is 19.3. The number of ether oxygens (including phenoxy) is 1. The Morgan fingerprint density at radius 1 is 1.27 bits per heavy atom. The molecule has 0 N–H and O–H groups in total. The van der Waals surface area contributed by atoms with Crippen LogP contribution < -0.4 is 0 Å². The van der Waals surface area contributed by atoms with Gasteiger partial charge in [-0.25, -0.2) is 8.78 Å². The summed E-state index contributed by atoms with van der Waals surface area (Å²) in [4.78, 5) is 0. The minimum atomic E-state index is -2.67. The second-order valence-corrected chi connectivity index (χ2v) is 2.35. The van der Waals surface area contributed by atoms with Gasteiger partial charge in [-0.05, 0) is 0 Å². The predicted molar refractivity (Wildman–Crippen MR) is 43.0 cm³/mol. The molecule has 0 aliphatic carbocycles. The molecular formula is C8H18F2O. The Balaban J connectivity index is 0. The summed E-state index contributed by atoms with van der Waals surface area (Å²) in [6.45, 7) is 6.46. The fourth-order valence-electron chi connectivity index (χ4n) is 0.359. The third-order valence-corrected chi connectivity index (χ3v) is 1.18. The molecule has 0 heterocycles. The summed E-state index contributed by atoms with van der Waals surface area (Å²) in [6.07, 6.45) is 0. The first-order valence-corrected chi connectivity index (χ1v) is 3.87. The van der Waals surface area contributed by atoms with E-state index in [2.05, 4.69) is 4.74 Å². The fourth-order valence-corrected chi connectivity index (χ4v) is 0.359. The molecule has 0 aromatic carbocycles. The minimum Gasteiger partial charge on any atom is -0.378 e. The average molecular weight is 168 g/mol. The maximum Gasteiger partial charge on any atom is 0.273 e. The maximum absolute atomic E-state index is 12.4. The Morgan fingerprint density at radius 2 is 1.64 bits per heavy atom. The van der Waals surface area contributed by atoms with E-state index in [-0.39, 0.29) is 0 Å². The summed E-state index contributed by atoms with van der Waals surface area (Å²) in [6, 6.07) is 0. The molecule has 70 valence electrons. The van der Waals surface area contributed by atoms with Gasteiger partial charge in [0.2, 0.25) is 0 Å². The Kier molecular flexibility index (Phi) is 7.96. The summed E-state index contributed by atoms with van der Waals surface area (Å²) in [7, 11) is 1.27. The standard InChI is InChI=1S/C6H12F2O.C2H6/c1-5(2)6(7,8)4-9-3;1-2/h5H,4H2,1-3H3;1-2H3. The molecule has 0 fully saturated rings.